The van der Waals surface area contributed by atoms with Crippen LogP contribution in [0.5, 0.6) is 5.75 Å². The zero-order valence-corrected chi connectivity index (χ0v) is 14.8. The van der Waals surface area contributed by atoms with Crippen LogP contribution in [0.3, 0.4) is 0 Å². The van der Waals surface area contributed by atoms with Gasteiger partial charge in [-0.25, -0.2) is 0 Å². The summed E-state index contributed by atoms with van der Waals surface area (Å²) in [5.41, 5.74) is 2.03. The standard InChI is InChI=1S/C20H23NO2S/c1-15-6-12-19(13-7-15)24-14-20(22)21-16-8-10-18(11-9-16)23-17-4-2-3-5-17/h6-13,17H,2-5,14H2,1H3,(H,21,22). The van der Waals surface area contributed by atoms with Gasteiger partial charge in [0.1, 0.15) is 5.75 Å². The molecule has 1 aliphatic rings. The quantitative estimate of drug-likeness (QED) is 0.747. The normalized spacial score (nSPS) is 14.5. The Hall–Kier alpha value is -1.94. The second kappa shape index (κ2) is 8.25. The molecule has 2 aromatic carbocycles. The van der Waals surface area contributed by atoms with Gasteiger partial charge >= 0.3 is 0 Å². The van der Waals surface area contributed by atoms with E-state index in [1.165, 1.54) is 18.4 Å². The predicted molar refractivity (Wildman–Crippen MR) is 99.9 cm³/mol. The molecule has 0 heterocycles. The van der Waals surface area contributed by atoms with E-state index in [-0.39, 0.29) is 5.91 Å². The van der Waals surface area contributed by atoms with Crippen molar-refractivity contribution in [2.24, 2.45) is 0 Å². The molecule has 1 fully saturated rings. The summed E-state index contributed by atoms with van der Waals surface area (Å²) in [6.45, 7) is 2.06. The van der Waals surface area contributed by atoms with Gasteiger partial charge < -0.3 is 10.1 Å². The molecule has 0 saturated heterocycles. The Morgan fingerprint density at radius 2 is 1.75 bits per heavy atom. The Kier molecular flexibility index (Phi) is 5.81. The summed E-state index contributed by atoms with van der Waals surface area (Å²) in [5, 5.41) is 2.93. The first-order valence-electron chi connectivity index (χ1n) is 8.45. The number of thioether (sulfide) groups is 1. The average Bonchev–Trinajstić information content (AvgIpc) is 3.09. The van der Waals surface area contributed by atoms with Gasteiger partial charge in [0.05, 0.1) is 11.9 Å². The van der Waals surface area contributed by atoms with E-state index in [1.807, 2.05) is 36.4 Å². The van der Waals surface area contributed by atoms with Crippen LogP contribution in [0, 0.1) is 6.92 Å². The molecule has 0 atom stereocenters. The zero-order valence-electron chi connectivity index (χ0n) is 14.0. The highest BCUT2D eigenvalue weighted by atomic mass is 32.2. The van der Waals surface area contributed by atoms with E-state index in [0.29, 0.717) is 11.9 Å². The molecule has 0 bridgehead atoms. The molecule has 1 N–H and O–H groups in total. The second-order valence-corrected chi connectivity index (χ2v) is 7.25. The van der Waals surface area contributed by atoms with Crippen LogP contribution in [-0.4, -0.2) is 17.8 Å². The van der Waals surface area contributed by atoms with Gasteiger partial charge in [0.25, 0.3) is 0 Å². The zero-order chi connectivity index (χ0) is 16.8. The molecule has 4 heteroatoms. The van der Waals surface area contributed by atoms with Gasteiger partial charge in [-0.2, -0.15) is 0 Å². The lowest BCUT2D eigenvalue weighted by atomic mass is 10.2. The van der Waals surface area contributed by atoms with Gasteiger partial charge in [0, 0.05) is 10.6 Å². The van der Waals surface area contributed by atoms with E-state index in [9.17, 15) is 4.79 Å². The average molecular weight is 341 g/mol. The number of amides is 1. The van der Waals surface area contributed by atoms with Crippen LogP contribution in [0.1, 0.15) is 31.2 Å². The van der Waals surface area contributed by atoms with Gasteiger partial charge in [-0.1, -0.05) is 17.7 Å². The number of carbonyl (C=O) groups is 1. The number of carbonyl (C=O) groups excluding carboxylic acids is 1. The van der Waals surface area contributed by atoms with Crippen LogP contribution in [-0.2, 0) is 4.79 Å². The summed E-state index contributed by atoms with van der Waals surface area (Å²) < 4.78 is 5.93. The Labute approximate surface area is 147 Å². The lowest BCUT2D eigenvalue weighted by Gasteiger charge is -2.13. The number of aryl methyl sites for hydroxylation is 1. The molecule has 126 valence electrons. The molecule has 1 amide bonds. The monoisotopic (exact) mass is 341 g/mol. The van der Waals surface area contributed by atoms with Gasteiger partial charge in [0.2, 0.25) is 5.91 Å². The van der Waals surface area contributed by atoms with Crippen LogP contribution >= 0.6 is 11.8 Å². The smallest absolute Gasteiger partial charge is 0.234 e. The largest absolute Gasteiger partial charge is 0.490 e. The lowest BCUT2D eigenvalue weighted by molar-refractivity contribution is -0.113. The molecule has 0 radical (unpaired) electrons. The van der Waals surface area contributed by atoms with Crippen molar-refractivity contribution in [2.45, 2.75) is 43.6 Å². The fourth-order valence-electron chi connectivity index (χ4n) is 2.80. The molecule has 1 aliphatic carbocycles. The summed E-state index contributed by atoms with van der Waals surface area (Å²) in [6.07, 6.45) is 5.18. The maximum absolute atomic E-state index is 12.1. The molecule has 3 rings (SSSR count). The lowest BCUT2D eigenvalue weighted by Crippen LogP contribution is -2.14. The van der Waals surface area contributed by atoms with Gasteiger partial charge in [-0.15, -0.1) is 11.8 Å². The molecule has 2 aromatic rings. The van der Waals surface area contributed by atoms with Crippen molar-refractivity contribution >= 4 is 23.4 Å². The van der Waals surface area contributed by atoms with E-state index in [4.69, 9.17) is 4.74 Å². The van der Waals surface area contributed by atoms with E-state index in [1.54, 1.807) is 11.8 Å². The van der Waals surface area contributed by atoms with Crippen LogP contribution < -0.4 is 10.1 Å². The summed E-state index contributed by atoms with van der Waals surface area (Å²) in [6, 6.07) is 15.9. The summed E-state index contributed by atoms with van der Waals surface area (Å²) in [4.78, 5) is 13.2. The number of hydrogen-bond donors (Lipinski definition) is 1. The highest BCUT2D eigenvalue weighted by Crippen LogP contribution is 2.25. The Morgan fingerprint density at radius 1 is 1.08 bits per heavy atom. The minimum Gasteiger partial charge on any atom is -0.490 e. The first-order chi connectivity index (χ1) is 11.7. The number of ether oxygens (including phenoxy) is 1. The van der Waals surface area contributed by atoms with E-state index in [0.717, 1.165) is 29.2 Å². The molecule has 0 aromatic heterocycles. The molecular formula is C20H23NO2S. The third kappa shape index (κ3) is 5.03. The molecule has 0 unspecified atom stereocenters. The second-order valence-electron chi connectivity index (χ2n) is 6.20. The van der Waals surface area contributed by atoms with Gasteiger partial charge in [-0.05, 0) is 69.0 Å². The van der Waals surface area contributed by atoms with E-state index < -0.39 is 0 Å². The SMILES string of the molecule is Cc1ccc(SCC(=O)Nc2ccc(OC3CCCC3)cc2)cc1. The van der Waals surface area contributed by atoms with Crippen molar-refractivity contribution in [2.75, 3.05) is 11.1 Å². The van der Waals surface area contributed by atoms with Crippen molar-refractivity contribution in [3.63, 3.8) is 0 Å². The molecule has 0 spiro atoms. The van der Waals surface area contributed by atoms with Crippen molar-refractivity contribution < 1.29 is 9.53 Å². The minimum absolute atomic E-state index is 0.00466. The Balaban J connectivity index is 1.46. The predicted octanol–water partition coefficient (Wildman–Crippen LogP) is 5.05. The first-order valence-corrected chi connectivity index (χ1v) is 9.44. The fraction of sp³-hybridized carbons (Fsp3) is 0.350. The van der Waals surface area contributed by atoms with Crippen LogP contribution in [0.15, 0.2) is 53.4 Å². The topological polar surface area (TPSA) is 38.3 Å². The molecule has 24 heavy (non-hydrogen) atoms. The highest BCUT2D eigenvalue weighted by Gasteiger charge is 2.16. The highest BCUT2D eigenvalue weighted by molar-refractivity contribution is 8.00. The third-order valence-electron chi connectivity index (χ3n) is 4.13. The maximum Gasteiger partial charge on any atom is 0.234 e. The summed E-state index contributed by atoms with van der Waals surface area (Å²) >= 11 is 1.54. The number of anilines is 1. The van der Waals surface area contributed by atoms with Gasteiger partial charge in [0.15, 0.2) is 0 Å². The first kappa shape index (κ1) is 16.9. The molecule has 0 aliphatic heterocycles. The van der Waals surface area contributed by atoms with Crippen molar-refractivity contribution in [1.29, 1.82) is 0 Å². The van der Waals surface area contributed by atoms with Crippen molar-refractivity contribution in [1.82, 2.24) is 0 Å². The molecular weight excluding hydrogens is 318 g/mol. The maximum atomic E-state index is 12.1. The summed E-state index contributed by atoms with van der Waals surface area (Å²) in [7, 11) is 0. The third-order valence-corrected chi connectivity index (χ3v) is 5.15. The molecule has 3 nitrogen and oxygen atoms in total. The van der Waals surface area contributed by atoms with E-state index >= 15 is 0 Å². The fourth-order valence-corrected chi connectivity index (χ4v) is 3.49. The van der Waals surface area contributed by atoms with Crippen molar-refractivity contribution in [3.8, 4) is 5.75 Å². The Morgan fingerprint density at radius 3 is 2.42 bits per heavy atom. The van der Waals surface area contributed by atoms with Gasteiger partial charge in [-0.3, -0.25) is 4.79 Å². The number of hydrogen-bond acceptors (Lipinski definition) is 3. The molecule has 1 saturated carbocycles. The van der Waals surface area contributed by atoms with Crippen LogP contribution in [0.25, 0.3) is 0 Å². The van der Waals surface area contributed by atoms with E-state index in [2.05, 4.69) is 24.4 Å². The summed E-state index contributed by atoms with van der Waals surface area (Å²) in [5.74, 6) is 1.29. The Bertz CT molecular complexity index is 661. The number of rotatable bonds is 6. The van der Waals surface area contributed by atoms with Crippen molar-refractivity contribution in [3.05, 3.63) is 54.1 Å². The minimum atomic E-state index is 0.00466. The van der Waals surface area contributed by atoms with Crippen LogP contribution in [0.2, 0.25) is 0 Å². The number of benzene rings is 2. The van der Waals surface area contributed by atoms with Crippen LogP contribution in [0.4, 0.5) is 5.69 Å². The number of nitrogens with one attached hydrogen (secondary N) is 1.